The predicted molar refractivity (Wildman–Crippen MR) is 82.2 cm³/mol. The van der Waals surface area contributed by atoms with Crippen molar-refractivity contribution in [2.24, 2.45) is 5.73 Å². The first-order chi connectivity index (χ1) is 10.7. The molecule has 5 nitrogen and oxygen atoms in total. The first-order valence-corrected chi connectivity index (χ1v) is 7.44. The number of nitrogens with two attached hydrogens (primary N) is 1. The van der Waals surface area contributed by atoms with Gasteiger partial charge < -0.3 is 19.8 Å². The first kappa shape index (κ1) is 14.8. The van der Waals surface area contributed by atoms with Crippen LogP contribution < -0.4 is 5.73 Å². The molecule has 0 aliphatic carbocycles. The van der Waals surface area contributed by atoms with Crippen LogP contribution in [0.25, 0.3) is 0 Å². The largest absolute Gasteiger partial charge is 0.467 e. The normalized spacial score (nSPS) is 21.8. The fourth-order valence-corrected chi connectivity index (χ4v) is 2.74. The molecule has 2 aromatic rings. The molecule has 0 saturated carbocycles. The van der Waals surface area contributed by atoms with Crippen molar-refractivity contribution in [3.63, 3.8) is 0 Å². The minimum Gasteiger partial charge on any atom is -0.467 e. The molecule has 0 bridgehead atoms. The molecular weight excluding hydrogens is 280 g/mol. The number of furan rings is 1. The highest BCUT2D eigenvalue weighted by molar-refractivity contribution is 5.94. The molecular formula is C17H20N2O3. The highest BCUT2D eigenvalue weighted by Crippen LogP contribution is 2.28. The molecule has 2 unspecified atom stereocenters. The Labute approximate surface area is 129 Å². The van der Waals surface area contributed by atoms with Gasteiger partial charge >= 0.3 is 0 Å². The van der Waals surface area contributed by atoms with E-state index < -0.39 is 0 Å². The zero-order valence-electron chi connectivity index (χ0n) is 12.6. The zero-order valence-corrected chi connectivity index (χ0v) is 12.6. The van der Waals surface area contributed by atoms with Crippen LogP contribution in [0.5, 0.6) is 0 Å². The summed E-state index contributed by atoms with van der Waals surface area (Å²) in [5.41, 5.74) is 7.16. The number of amides is 1. The van der Waals surface area contributed by atoms with Crippen LogP contribution in [0.3, 0.4) is 0 Å². The van der Waals surface area contributed by atoms with Crippen molar-refractivity contribution in [2.75, 3.05) is 13.2 Å². The van der Waals surface area contributed by atoms with Crippen LogP contribution in [0.2, 0.25) is 0 Å². The van der Waals surface area contributed by atoms with Gasteiger partial charge in [-0.05, 0) is 18.6 Å². The van der Waals surface area contributed by atoms with Gasteiger partial charge in [-0.3, -0.25) is 4.79 Å². The van der Waals surface area contributed by atoms with Crippen LogP contribution >= 0.6 is 0 Å². The molecule has 2 heterocycles. The summed E-state index contributed by atoms with van der Waals surface area (Å²) in [4.78, 5) is 14.7. The van der Waals surface area contributed by atoms with E-state index >= 15 is 0 Å². The standard InChI is InChI=1S/C17H20N2O3/c1-12-9-19(17(20)14-7-15(8-18)22-10-14)16(11-21-12)13-5-3-2-4-6-13/h2-7,10,12,16H,8-9,11,18H2,1H3. The summed E-state index contributed by atoms with van der Waals surface area (Å²) in [7, 11) is 0. The van der Waals surface area contributed by atoms with Crippen molar-refractivity contribution in [1.82, 2.24) is 4.90 Å². The number of hydrogen-bond donors (Lipinski definition) is 1. The highest BCUT2D eigenvalue weighted by Gasteiger charge is 2.32. The smallest absolute Gasteiger partial charge is 0.257 e. The molecule has 1 aromatic carbocycles. The van der Waals surface area contributed by atoms with Gasteiger partial charge in [0.1, 0.15) is 12.0 Å². The third-order valence-electron chi connectivity index (χ3n) is 3.92. The van der Waals surface area contributed by atoms with Crippen molar-refractivity contribution in [3.8, 4) is 0 Å². The SMILES string of the molecule is CC1CN(C(=O)c2coc(CN)c2)C(c2ccccc2)CO1. The molecule has 1 saturated heterocycles. The predicted octanol–water partition coefficient (Wildman–Crippen LogP) is 2.34. The molecule has 1 aliphatic heterocycles. The summed E-state index contributed by atoms with van der Waals surface area (Å²) in [6.45, 7) is 3.32. The van der Waals surface area contributed by atoms with Gasteiger partial charge in [-0.1, -0.05) is 30.3 Å². The number of morpholine rings is 1. The van der Waals surface area contributed by atoms with E-state index in [1.807, 2.05) is 42.2 Å². The van der Waals surface area contributed by atoms with Crippen molar-refractivity contribution in [1.29, 1.82) is 0 Å². The third kappa shape index (κ3) is 2.91. The second kappa shape index (κ2) is 6.34. The Balaban J connectivity index is 1.88. The first-order valence-electron chi connectivity index (χ1n) is 7.44. The average Bonchev–Trinajstić information content (AvgIpc) is 3.04. The van der Waals surface area contributed by atoms with Gasteiger partial charge in [-0.15, -0.1) is 0 Å². The van der Waals surface area contributed by atoms with Gasteiger partial charge in [0.2, 0.25) is 0 Å². The summed E-state index contributed by atoms with van der Waals surface area (Å²) < 4.78 is 11.0. The van der Waals surface area contributed by atoms with Gasteiger partial charge in [0.15, 0.2) is 0 Å². The Morgan fingerprint density at radius 2 is 2.14 bits per heavy atom. The van der Waals surface area contributed by atoms with Gasteiger partial charge in [0, 0.05) is 6.54 Å². The number of carbonyl (C=O) groups excluding carboxylic acids is 1. The summed E-state index contributed by atoms with van der Waals surface area (Å²) in [5.74, 6) is 0.563. The van der Waals surface area contributed by atoms with Crippen LogP contribution in [0.1, 0.15) is 34.6 Å². The van der Waals surface area contributed by atoms with Gasteiger partial charge in [0.25, 0.3) is 5.91 Å². The van der Waals surface area contributed by atoms with Crippen molar-refractivity contribution < 1.29 is 13.9 Å². The minimum absolute atomic E-state index is 0.0183. The fraction of sp³-hybridized carbons (Fsp3) is 0.353. The summed E-state index contributed by atoms with van der Waals surface area (Å²) in [6, 6.07) is 11.6. The van der Waals surface area contributed by atoms with E-state index in [9.17, 15) is 4.79 Å². The van der Waals surface area contributed by atoms with E-state index in [0.29, 0.717) is 24.5 Å². The van der Waals surface area contributed by atoms with Crippen molar-refractivity contribution in [3.05, 3.63) is 59.5 Å². The van der Waals surface area contributed by atoms with Gasteiger partial charge in [-0.2, -0.15) is 0 Å². The molecule has 1 aromatic heterocycles. The van der Waals surface area contributed by atoms with E-state index in [-0.39, 0.29) is 24.6 Å². The number of rotatable bonds is 3. The fourth-order valence-electron chi connectivity index (χ4n) is 2.74. The molecule has 116 valence electrons. The summed E-state index contributed by atoms with van der Waals surface area (Å²) >= 11 is 0. The lowest BCUT2D eigenvalue weighted by Gasteiger charge is -2.38. The Kier molecular flexibility index (Phi) is 4.27. The monoisotopic (exact) mass is 300 g/mol. The molecule has 1 amide bonds. The van der Waals surface area contributed by atoms with Gasteiger partial charge in [-0.25, -0.2) is 0 Å². The van der Waals surface area contributed by atoms with Crippen LogP contribution in [-0.2, 0) is 11.3 Å². The van der Waals surface area contributed by atoms with E-state index in [2.05, 4.69) is 0 Å². The number of ether oxygens (including phenoxy) is 1. The van der Waals surface area contributed by atoms with E-state index in [4.69, 9.17) is 14.9 Å². The van der Waals surface area contributed by atoms with Crippen LogP contribution in [0.15, 0.2) is 47.1 Å². The van der Waals surface area contributed by atoms with Crippen molar-refractivity contribution in [2.45, 2.75) is 25.6 Å². The Hall–Kier alpha value is -2.11. The number of hydrogen-bond acceptors (Lipinski definition) is 4. The molecule has 1 aliphatic rings. The maximum absolute atomic E-state index is 12.8. The lowest BCUT2D eigenvalue weighted by atomic mass is 10.0. The maximum Gasteiger partial charge on any atom is 0.257 e. The molecule has 0 radical (unpaired) electrons. The van der Waals surface area contributed by atoms with Crippen molar-refractivity contribution >= 4 is 5.91 Å². The Bertz CT molecular complexity index is 638. The molecule has 22 heavy (non-hydrogen) atoms. The van der Waals surface area contributed by atoms with Crippen LogP contribution in [0.4, 0.5) is 0 Å². The number of benzene rings is 1. The van der Waals surface area contributed by atoms with Crippen LogP contribution in [-0.4, -0.2) is 30.1 Å². The zero-order chi connectivity index (χ0) is 15.5. The lowest BCUT2D eigenvalue weighted by Crippen LogP contribution is -2.46. The van der Waals surface area contributed by atoms with E-state index in [0.717, 1.165) is 5.56 Å². The molecule has 3 rings (SSSR count). The quantitative estimate of drug-likeness (QED) is 0.944. The molecule has 2 atom stereocenters. The second-order valence-corrected chi connectivity index (χ2v) is 5.53. The Morgan fingerprint density at radius 1 is 1.36 bits per heavy atom. The van der Waals surface area contributed by atoms with E-state index in [1.54, 1.807) is 6.07 Å². The average molecular weight is 300 g/mol. The summed E-state index contributed by atoms with van der Waals surface area (Å²) in [6.07, 6.45) is 1.50. The third-order valence-corrected chi connectivity index (χ3v) is 3.92. The van der Waals surface area contributed by atoms with Crippen LogP contribution in [0, 0.1) is 0 Å². The Morgan fingerprint density at radius 3 is 2.82 bits per heavy atom. The molecule has 2 N–H and O–H groups in total. The maximum atomic E-state index is 12.8. The molecule has 5 heteroatoms. The molecule has 0 spiro atoms. The number of carbonyl (C=O) groups is 1. The van der Waals surface area contributed by atoms with Gasteiger partial charge in [0.05, 0.1) is 30.9 Å². The highest BCUT2D eigenvalue weighted by atomic mass is 16.5. The number of nitrogens with zero attached hydrogens (tertiary/aromatic N) is 1. The topological polar surface area (TPSA) is 68.7 Å². The minimum atomic E-state index is -0.0823. The summed E-state index contributed by atoms with van der Waals surface area (Å²) in [5, 5.41) is 0. The lowest BCUT2D eigenvalue weighted by molar-refractivity contribution is -0.0447. The molecule has 1 fully saturated rings. The van der Waals surface area contributed by atoms with E-state index in [1.165, 1.54) is 6.26 Å². The second-order valence-electron chi connectivity index (χ2n) is 5.53.